The summed E-state index contributed by atoms with van der Waals surface area (Å²) in [7, 11) is -1.27. The number of hydrogen-bond donors (Lipinski definition) is 0. The minimum absolute atomic E-state index is 0.00158. The molecular formula is C18H26ClN3O3S. The van der Waals surface area contributed by atoms with Gasteiger partial charge in [0.2, 0.25) is 5.91 Å². The SMILES string of the molecule is C[C@@H](C(=O)N(C)[C@@H]1CCS(=O)(=O)C1)N1CCN(c2ccccc2Cl)CC1. The van der Waals surface area contributed by atoms with Crippen molar-refractivity contribution in [2.75, 3.05) is 49.6 Å². The summed E-state index contributed by atoms with van der Waals surface area (Å²) in [4.78, 5) is 18.8. The number of benzene rings is 1. The molecule has 6 nitrogen and oxygen atoms in total. The van der Waals surface area contributed by atoms with Crippen LogP contribution in [0.1, 0.15) is 13.3 Å². The summed E-state index contributed by atoms with van der Waals surface area (Å²) in [5.41, 5.74) is 1.03. The molecule has 2 aliphatic heterocycles. The van der Waals surface area contributed by atoms with E-state index in [9.17, 15) is 13.2 Å². The molecule has 144 valence electrons. The molecule has 2 saturated heterocycles. The Morgan fingerprint density at radius 2 is 1.88 bits per heavy atom. The van der Waals surface area contributed by atoms with Crippen LogP contribution in [0, 0.1) is 0 Å². The van der Waals surface area contributed by atoms with Crippen LogP contribution in [0.15, 0.2) is 24.3 Å². The van der Waals surface area contributed by atoms with E-state index in [2.05, 4.69) is 9.80 Å². The number of para-hydroxylation sites is 1. The van der Waals surface area contributed by atoms with E-state index in [1.807, 2.05) is 31.2 Å². The summed E-state index contributed by atoms with van der Waals surface area (Å²) in [6.07, 6.45) is 0.539. The smallest absolute Gasteiger partial charge is 0.239 e. The lowest BCUT2D eigenvalue weighted by Crippen LogP contribution is -2.55. The third-order valence-electron chi connectivity index (χ3n) is 5.52. The van der Waals surface area contributed by atoms with Gasteiger partial charge in [0.15, 0.2) is 9.84 Å². The number of halogens is 1. The van der Waals surface area contributed by atoms with Crippen molar-refractivity contribution in [1.82, 2.24) is 9.80 Å². The van der Waals surface area contributed by atoms with E-state index in [-0.39, 0.29) is 29.5 Å². The number of piperazine rings is 1. The normalized spacial score (nSPS) is 24.4. The van der Waals surface area contributed by atoms with Crippen LogP contribution in [-0.2, 0) is 14.6 Å². The van der Waals surface area contributed by atoms with Crippen molar-refractivity contribution in [3.63, 3.8) is 0 Å². The van der Waals surface area contributed by atoms with Gasteiger partial charge in [0.25, 0.3) is 0 Å². The van der Waals surface area contributed by atoms with E-state index in [1.165, 1.54) is 0 Å². The third kappa shape index (κ3) is 4.15. The predicted molar refractivity (Wildman–Crippen MR) is 105 cm³/mol. The van der Waals surface area contributed by atoms with Crippen LogP contribution in [0.3, 0.4) is 0 Å². The Balaban J connectivity index is 1.57. The number of sulfone groups is 1. The molecule has 2 aliphatic rings. The van der Waals surface area contributed by atoms with Crippen LogP contribution >= 0.6 is 11.6 Å². The van der Waals surface area contributed by atoms with Gasteiger partial charge in [-0.2, -0.15) is 0 Å². The average Bonchev–Trinajstić information content (AvgIpc) is 3.00. The molecule has 2 fully saturated rings. The van der Waals surface area contributed by atoms with Gasteiger partial charge in [0.1, 0.15) is 0 Å². The molecule has 0 spiro atoms. The van der Waals surface area contributed by atoms with E-state index in [0.717, 1.165) is 36.9 Å². The zero-order valence-electron chi connectivity index (χ0n) is 15.3. The number of amides is 1. The lowest BCUT2D eigenvalue weighted by molar-refractivity contribution is -0.136. The maximum atomic E-state index is 12.8. The van der Waals surface area contributed by atoms with Gasteiger partial charge < -0.3 is 9.80 Å². The van der Waals surface area contributed by atoms with Gasteiger partial charge in [-0.3, -0.25) is 9.69 Å². The molecule has 0 unspecified atom stereocenters. The highest BCUT2D eigenvalue weighted by Gasteiger charge is 2.36. The van der Waals surface area contributed by atoms with Crippen LogP contribution in [-0.4, -0.2) is 80.9 Å². The Hall–Kier alpha value is -1.31. The molecule has 1 aromatic carbocycles. The van der Waals surface area contributed by atoms with Crippen molar-refractivity contribution < 1.29 is 13.2 Å². The Morgan fingerprint density at radius 3 is 2.46 bits per heavy atom. The molecule has 26 heavy (non-hydrogen) atoms. The number of rotatable bonds is 4. The highest BCUT2D eigenvalue weighted by Crippen LogP contribution is 2.26. The number of likely N-dealkylation sites (N-methyl/N-ethyl adjacent to an activating group) is 1. The topological polar surface area (TPSA) is 60.9 Å². The molecule has 1 amide bonds. The molecule has 0 saturated carbocycles. The maximum absolute atomic E-state index is 12.8. The van der Waals surface area contributed by atoms with Crippen LogP contribution in [0.2, 0.25) is 5.02 Å². The number of carbonyl (C=O) groups excluding carboxylic acids is 1. The van der Waals surface area contributed by atoms with Gasteiger partial charge in [-0.05, 0) is 25.5 Å². The summed E-state index contributed by atoms with van der Waals surface area (Å²) >= 11 is 6.28. The summed E-state index contributed by atoms with van der Waals surface area (Å²) in [6, 6.07) is 7.35. The number of carbonyl (C=O) groups is 1. The van der Waals surface area contributed by atoms with Crippen LogP contribution in [0.4, 0.5) is 5.69 Å². The highest BCUT2D eigenvalue weighted by molar-refractivity contribution is 7.91. The molecule has 2 heterocycles. The van der Waals surface area contributed by atoms with Crippen molar-refractivity contribution in [3.05, 3.63) is 29.3 Å². The first-order valence-electron chi connectivity index (χ1n) is 8.99. The molecule has 2 atom stereocenters. The quantitative estimate of drug-likeness (QED) is 0.767. The van der Waals surface area contributed by atoms with Crippen molar-refractivity contribution >= 4 is 33.0 Å². The monoisotopic (exact) mass is 399 g/mol. The number of nitrogens with zero attached hydrogens (tertiary/aromatic N) is 3. The van der Waals surface area contributed by atoms with Crippen molar-refractivity contribution in [2.45, 2.75) is 25.4 Å². The van der Waals surface area contributed by atoms with Crippen LogP contribution < -0.4 is 4.90 Å². The van der Waals surface area contributed by atoms with Crippen LogP contribution in [0.5, 0.6) is 0 Å². The van der Waals surface area contributed by atoms with E-state index in [0.29, 0.717) is 6.42 Å². The summed E-state index contributed by atoms with van der Waals surface area (Å²) in [5, 5.41) is 0.743. The van der Waals surface area contributed by atoms with E-state index in [1.54, 1.807) is 11.9 Å². The second-order valence-corrected chi connectivity index (χ2v) is 9.79. The van der Waals surface area contributed by atoms with Crippen molar-refractivity contribution in [1.29, 1.82) is 0 Å². The van der Waals surface area contributed by atoms with Crippen LogP contribution in [0.25, 0.3) is 0 Å². The maximum Gasteiger partial charge on any atom is 0.239 e. The molecule has 0 aliphatic carbocycles. The van der Waals surface area contributed by atoms with E-state index >= 15 is 0 Å². The first-order chi connectivity index (χ1) is 12.3. The third-order valence-corrected chi connectivity index (χ3v) is 7.59. The molecule has 8 heteroatoms. The molecule has 1 aromatic rings. The fraction of sp³-hybridized carbons (Fsp3) is 0.611. The van der Waals surface area contributed by atoms with Crippen molar-refractivity contribution in [3.8, 4) is 0 Å². The second kappa shape index (κ2) is 7.74. The van der Waals surface area contributed by atoms with Crippen molar-refractivity contribution in [2.24, 2.45) is 0 Å². The van der Waals surface area contributed by atoms with Gasteiger partial charge >= 0.3 is 0 Å². The second-order valence-electron chi connectivity index (χ2n) is 7.16. The highest BCUT2D eigenvalue weighted by atomic mass is 35.5. The zero-order valence-corrected chi connectivity index (χ0v) is 16.8. The van der Waals surface area contributed by atoms with Gasteiger partial charge in [-0.1, -0.05) is 23.7 Å². The first kappa shape index (κ1) is 19.5. The Bertz CT molecular complexity index is 763. The lowest BCUT2D eigenvalue weighted by atomic mass is 10.1. The minimum Gasteiger partial charge on any atom is -0.368 e. The molecule has 3 rings (SSSR count). The van der Waals surface area contributed by atoms with Gasteiger partial charge in [0.05, 0.1) is 28.3 Å². The molecule has 0 N–H and O–H groups in total. The van der Waals surface area contributed by atoms with E-state index < -0.39 is 9.84 Å². The molecule has 0 aromatic heterocycles. The van der Waals surface area contributed by atoms with Gasteiger partial charge in [-0.15, -0.1) is 0 Å². The Kier molecular flexibility index (Phi) is 5.79. The fourth-order valence-electron chi connectivity index (χ4n) is 3.77. The Morgan fingerprint density at radius 1 is 1.23 bits per heavy atom. The summed E-state index contributed by atoms with van der Waals surface area (Å²) in [5.74, 6) is 0.265. The number of anilines is 1. The minimum atomic E-state index is -2.99. The van der Waals surface area contributed by atoms with Gasteiger partial charge in [-0.25, -0.2) is 8.42 Å². The standard InChI is InChI=1S/C18H26ClN3O3S/c1-14(18(23)20(2)15-7-12-26(24,25)13-15)21-8-10-22(11-9-21)17-6-4-3-5-16(17)19/h3-6,14-15H,7-13H2,1-2H3/t14-,15+/m0/s1. The Labute approximate surface area is 160 Å². The fourth-order valence-corrected chi connectivity index (χ4v) is 5.80. The zero-order chi connectivity index (χ0) is 18.9. The van der Waals surface area contributed by atoms with Gasteiger partial charge in [0, 0.05) is 39.3 Å². The lowest BCUT2D eigenvalue weighted by Gasteiger charge is -2.40. The molecular weight excluding hydrogens is 374 g/mol. The summed E-state index contributed by atoms with van der Waals surface area (Å²) in [6.45, 7) is 5.07. The van der Waals surface area contributed by atoms with E-state index in [4.69, 9.17) is 11.6 Å². The molecule has 0 radical (unpaired) electrons. The first-order valence-corrected chi connectivity index (χ1v) is 11.2. The largest absolute Gasteiger partial charge is 0.368 e. The predicted octanol–water partition coefficient (Wildman–Crippen LogP) is 1.50. The molecule has 0 bridgehead atoms. The number of hydrogen-bond acceptors (Lipinski definition) is 5. The summed E-state index contributed by atoms with van der Waals surface area (Å²) < 4.78 is 23.3. The average molecular weight is 400 g/mol.